The number of rotatable bonds is 9. The van der Waals surface area contributed by atoms with Crippen molar-refractivity contribution < 1.29 is 14.0 Å². The number of hydrogen-bond acceptors (Lipinski definition) is 3. The number of likely N-dealkylation sites (tertiary alicyclic amines) is 1. The first-order chi connectivity index (χ1) is 18.3. The van der Waals surface area contributed by atoms with Crippen LogP contribution < -0.4 is 10.6 Å². The fourth-order valence-electron chi connectivity index (χ4n) is 5.93. The van der Waals surface area contributed by atoms with Crippen LogP contribution in [0.25, 0.3) is 0 Å². The summed E-state index contributed by atoms with van der Waals surface area (Å²) in [5.41, 5.74) is 1.97. The maximum Gasteiger partial charge on any atom is 0.230 e. The topological polar surface area (TPSA) is 61.4 Å². The second-order valence-corrected chi connectivity index (χ2v) is 11.7. The third kappa shape index (κ3) is 6.95. The van der Waals surface area contributed by atoms with Crippen LogP contribution in [-0.4, -0.2) is 42.9 Å². The van der Waals surface area contributed by atoms with Crippen LogP contribution in [-0.2, 0) is 15.0 Å². The Labute approximate surface area is 231 Å². The van der Waals surface area contributed by atoms with Gasteiger partial charge in [-0.3, -0.25) is 9.59 Å². The number of halogens is 2. The zero-order chi connectivity index (χ0) is 27.1. The van der Waals surface area contributed by atoms with Gasteiger partial charge in [-0.2, -0.15) is 0 Å². The zero-order valence-corrected chi connectivity index (χ0v) is 23.5. The number of benzene rings is 2. The van der Waals surface area contributed by atoms with Crippen LogP contribution in [0.1, 0.15) is 82.3 Å². The Balaban J connectivity index is 1.25. The minimum atomic E-state index is -0.450. The van der Waals surface area contributed by atoms with E-state index < -0.39 is 5.41 Å². The van der Waals surface area contributed by atoms with Crippen LogP contribution in [0.4, 0.5) is 10.1 Å². The Morgan fingerprint density at radius 1 is 1.05 bits per heavy atom. The number of anilines is 1. The molecular weight excluding hydrogens is 501 g/mol. The summed E-state index contributed by atoms with van der Waals surface area (Å²) in [4.78, 5) is 27.8. The fraction of sp³-hybridized carbons (Fsp3) is 0.548. The van der Waals surface area contributed by atoms with E-state index in [2.05, 4.69) is 15.5 Å². The van der Waals surface area contributed by atoms with Gasteiger partial charge in [-0.05, 0) is 99.1 Å². The van der Waals surface area contributed by atoms with Crippen molar-refractivity contribution in [2.75, 3.05) is 31.5 Å². The molecule has 2 aromatic rings. The first kappa shape index (κ1) is 28.6. The number of amides is 2. The van der Waals surface area contributed by atoms with Gasteiger partial charge in [-0.15, -0.1) is 0 Å². The molecule has 5 nitrogen and oxygen atoms in total. The quantitative estimate of drug-likeness (QED) is 0.349. The number of hydrogen-bond donors (Lipinski definition) is 2. The number of nitrogens with zero attached hydrogens (tertiary/aromatic N) is 1. The standard InChI is InChI=1S/C31H41ClFN3O2/c1-22(2)29(37)35-26-11-12-28(33)27(21-26)23-13-19-36(20-14-23)18-6-17-34-30(38)31(15-4-3-5-16-31)24-7-9-25(32)10-8-24/h7-12,21-23H,3-6,13-20H2,1-2H3,(H,34,38)(H,35,37). The summed E-state index contributed by atoms with van der Waals surface area (Å²) in [5.74, 6) is -0.106. The van der Waals surface area contributed by atoms with Crippen LogP contribution in [0.5, 0.6) is 0 Å². The monoisotopic (exact) mass is 541 g/mol. The van der Waals surface area contributed by atoms with Crippen molar-refractivity contribution >= 4 is 29.1 Å². The number of nitrogens with one attached hydrogen (secondary N) is 2. The summed E-state index contributed by atoms with van der Waals surface area (Å²) in [6.07, 6.45) is 7.73. The zero-order valence-electron chi connectivity index (χ0n) is 22.7. The number of piperidine rings is 1. The molecule has 1 saturated carbocycles. The molecule has 2 N–H and O–H groups in total. The first-order valence-corrected chi connectivity index (χ1v) is 14.5. The van der Waals surface area contributed by atoms with Crippen molar-refractivity contribution in [3.05, 3.63) is 64.4 Å². The van der Waals surface area contributed by atoms with Crippen molar-refractivity contribution in [1.82, 2.24) is 10.2 Å². The smallest absolute Gasteiger partial charge is 0.230 e. The Kier molecular flexibility index (Phi) is 9.83. The number of carbonyl (C=O) groups is 2. The third-order valence-electron chi connectivity index (χ3n) is 8.29. The normalized spacial score (nSPS) is 18.3. The van der Waals surface area contributed by atoms with E-state index in [0.29, 0.717) is 22.8 Å². The molecule has 0 unspecified atom stereocenters. The molecule has 0 bridgehead atoms. The highest BCUT2D eigenvalue weighted by Crippen LogP contribution is 2.40. The third-order valence-corrected chi connectivity index (χ3v) is 8.54. The molecule has 0 aromatic heterocycles. The maximum absolute atomic E-state index is 14.6. The second-order valence-electron chi connectivity index (χ2n) is 11.3. The molecule has 7 heteroatoms. The van der Waals surface area contributed by atoms with Crippen LogP contribution in [0.3, 0.4) is 0 Å². The Morgan fingerprint density at radius 2 is 1.74 bits per heavy atom. The average molecular weight is 542 g/mol. The summed E-state index contributed by atoms with van der Waals surface area (Å²) in [5, 5.41) is 6.81. The van der Waals surface area contributed by atoms with Crippen LogP contribution in [0, 0.1) is 11.7 Å². The van der Waals surface area contributed by atoms with Crippen LogP contribution in [0.15, 0.2) is 42.5 Å². The molecule has 2 aliphatic rings. The number of carbonyl (C=O) groups excluding carboxylic acids is 2. The maximum atomic E-state index is 14.6. The Bertz CT molecular complexity index is 1090. The predicted octanol–water partition coefficient (Wildman–Crippen LogP) is 6.66. The van der Waals surface area contributed by atoms with E-state index in [1.807, 2.05) is 38.1 Å². The van der Waals surface area contributed by atoms with Gasteiger partial charge in [-0.1, -0.05) is 56.8 Å². The van der Waals surface area contributed by atoms with E-state index in [0.717, 1.165) is 70.1 Å². The Morgan fingerprint density at radius 3 is 2.39 bits per heavy atom. The van der Waals surface area contributed by atoms with E-state index in [4.69, 9.17) is 11.6 Å². The molecule has 4 rings (SSSR count). The molecule has 1 aliphatic carbocycles. The largest absolute Gasteiger partial charge is 0.355 e. The van der Waals surface area contributed by atoms with Crippen LogP contribution in [0.2, 0.25) is 5.02 Å². The minimum absolute atomic E-state index is 0.0629. The Hall–Kier alpha value is -2.44. The summed E-state index contributed by atoms with van der Waals surface area (Å²) in [6.45, 7) is 7.04. The second kappa shape index (κ2) is 13.1. The lowest BCUT2D eigenvalue weighted by Gasteiger charge is -2.36. The molecule has 1 saturated heterocycles. The van der Waals surface area contributed by atoms with E-state index in [1.165, 1.54) is 12.5 Å². The molecule has 0 radical (unpaired) electrons. The van der Waals surface area contributed by atoms with E-state index in [1.54, 1.807) is 12.1 Å². The lowest BCUT2D eigenvalue weighted by atomic mass is 9.68. The lowest BCUT2D eigenvalue weighted by molar-refractivity contribution is -0.128. The van der Waals surface area contributed by atoms with Crippen molar-refractivity contribution in [2.45, 2.75) is 76.5 Å². The molecule has 38 heavy (non-hydrogen) atoms. The van der Waals surface area contributed by atoms with Gasteiger partial charge in [0, 0.05) is 23.2 Å². The summed E-state index contributed by atoms with van der Waals surface area (Å²) >= 11 is 6.10. The van der Waals surface area contributed by atoms with Gasteiger partial charge in [0.1, 0.15) is 5.82 Å². The van der Waals surface area contributed by atoms with Crippen molar-refractivity contribution in [2.24, 2.45) is 5.92 Å². The summed E-state index contributed by atoms with van der Waals surface area (Å²) in [6, 6.07) is 12.7. The minimum Gasteiger partial charge on any atom is -0.355 e. The van der Waals surface area contributed by atoms with Gasteiger partial charge in [0.05, 0.1) is 5.41 Å². The molecule has 206 valence electrons. The SMILES string of the molecule is CC(C)C(=O)Nc1ccc(F)c(C2CCN(CCCNC(=O)C3(c4ccc(Cl)cc4)CCCCC3)CC2)c1. The molecule has 1 aliphatic heterocycles. The van der Waals surface area contributed by atoms with E-state index in [-0.39, 0.29) is 29.5 Å². The van der Waals surface area contributed by atoms with Gasteiger partial charge >= 0.3 is 0 Å². The highest BCUT2D eigenvalue weighted by molar-refractivity contribution is 6.30. The highest BCUT2D eigenvalue weighted by Gasteiger charge is 2.40. The molecule has 0 spiro atoms. The first-order valence-electron chi connectivity index (χ1n) is 14.2. The van der Waals surface area contributed by atoms with E-state index in [9.17, 15) is 14.0 Å². The van der Waals surface area contributed by atoms with Crippen molar-refractivity contribution in [1.29, 1.82) is 0 Å². The average Bonchev–Trinajstić information content (AvgIpc) is 2.93. The molecule has 0 atom stereocenters. The fourth-order valence-corrected chi connectivity index (χ4v) is 6.06. The highest BCUT2D eigenvalue weighted by atomic mass is 35.5. The van der Waals surface area contributed by atoms with Crippen molar-refractivity contribution in [3.8, 4) is 0 Å². The lowest BCUT2D eigenvalue weighted by Crippen LogP contribution is -2.46. The molecule has 2 amide bonds. The van der Waals surface area contributed by atoms with Gasteiger partial charge < -0.3 is 15.5 Å². The summed E-state index contributed by atoms with van der Waals surface area (Å²) < 4.78 is 14.6. The van der Waals surface area contributed by atoms with Crippen molar-refractivity contribution in [3.63, 3.8) is 0 Å². The van der Waals surface area contributed by atoms with E-state index >= 15 is 0 Å². The van der Waals surface area contributed by atoms with Gasteiger partial charge in [-0.25, -0.2) is 4.39 Å². The van der Waals surface area contributed by atoms with Gasteiger partial charge in [0.25, 0.3) is 0 Å². The molecule has 2 fully saturated rings. The molecule has 2 aromatic carbocycles. The van der Waals surface area contributed by atoms with Crippen LogP contribution >= 0.6 is 11.6 Å². The molecule has 1 heterocycles. The summed E-state index contributed by atoms with van der Waals surface area (Å²) in [7, 11) is 0. The predicted molar refractivity (Wildman–Crippen MR) is 152 cm³/mol. The van der Waals surface area contributed by atoms with Gasteiger partial charge in [0.2, 0.25) is 11.8 Å². The van der Waals surface area contributed by atoms with Gasteiger partial charge in [0.15, 0.2) is 0 Å². The molecular formula is C31H41ClFN3O2.